The summed E-state index contributed by atoms with van der Waals surface area (Å²) in [5.74, 6) is -2.36. The van der Waals surface area contributed by atoms with Crippen molar-refractivity contribution in [1.82, 2.24) is 10.6 Å². The van der Waals surface area contributed by atoms with E-state index in [1.165, 1.54) is 35.8 Å². The van der Waals surface area contributed by atoms with Crippen LogP contribution in [0.3, 0.4) is 0 Å². The smallest absolute Gasteiger partial charge is 0.329 e. The summed E-state index contributed by atoms with van der Waals surface area (Å²) in [5.41, 5.74) is 0. The van der Waals surface area contributed by atoms with E-state index in [-0.39, 0.29) is 23.7 Å². The van der Waals surface area contributed by atoms with E-state index >= 15 is 0 Å². The third kappa shape index (κ3) is 4.11. The minimum Gasteiger partial charge on any atom is -0.467 e. The Morgan fingerprint density at radius 2 is 1.30 bits per heavy atom. The van der Waals surface area contributed by atoms with Crippen molar-refractivity contribution in [2.45, 2.75) is 18.5 Å². The maximum absolute atomic E-state index is 12.9. The highest BCUT2D eigenvalue weighted by Crippen LogP contribution is 2.48. The van der Waals surface area contributed by atoms with Gasteiger partial charge in [0.15, 0.2) is 0 Å². The van der Waals surface area contributed by atoms with Gasteiger partial charge in [0, 0.05) is 11.5 Å². The van der Waals surface area contributed by atoms with E-state index in [2.05, 4.69) is 10.6 Å². The molecule has 1 saturated carbocycles. The van der Waals surface area contributed by atoms with Crippen molar-refractivity contribution in [3.63, 3.8) is 0 Å². The first-order valence-electron chi connectivity index (χ1n) is 8.65. The fourth-order valence-corrected chi connectivity index (χ4v) is 6.22. The molecule has 4 unspecified atom stereocenters. The van der Waals surface area contributed by atoms with Crippen LogP contribution in [0.2, 0.25) is 0 Å². The van der Waals surface area contributed by atoms with Crippen molar-refractivity contribution in [1.29, 1.82) is 0 Å². The molecule has 27 heavy (non-hydrogen) atoms. The highest BCUT2D eigenvalue weighted by atomic mass is 33.1. The second-order valence-corrected chi connectivity index (χ2v) is 9.29. The summed E-state index contributed by atoms with van der Waals surface area (Å²) in [6.45, 7) is 0. The number of fused-ring (bicyclic) bond motifs is 5. The Morgan fingerprint density at radius 3 is 1.67 bits per heavy atom. The summed E-state index contributed by atoms with van der Waals surface area (Å²) in [6.07, 6.45) is 4.63. The molecule has 0 aromatic carbocycles. The van der Waals surface area contributed by atoms with Gasteiger partial charge in [-0.1, -0.05) is 33.7 Å². The topological polar surface area (TPSA) is 111 Å². The molecule has 1 saturated heterocycles. The number of carbonyl (C=O) groups excluding carboxylic acids is 4. The minimum atomic E-state index is -0.803. The summed E-state index contributed by atoms with van der Waals surface area (Å²) in [4.78, 5) is 49.9. The molecule has 1 heterocycles. The normalized spacial score (nSPS) is 35.9. The van der Waals surface area contributed by atoms with Crippen LogP contribution in [-0.4, -0.2) is 61.6 Å². The third-order valence-electron chi connectivity index (χ3n) is 5.22. The molecule has 0 radical (unpaired) electrons. The Balaban J connectivity index is 1.87. The van der Waals surface area contributed by atoms with Crippen LogP contribution in [-0.2, 0) is 28.7 Å². The number of ether oxygens (including phenoxy) is 2. The largest absolute Gasteiger partial charge is 0.467 e. The van der Waals surface area contributed by atoms with E-state index in [1.807, 2.05) is 12.2 Å². The summed E-state index contributed by atoms with van der Waals surface area (Å²) in [5, 5.41) is 5.51. The van der Waals surface area contributed by atoms with Crippen LogP contribution < -0.4 is 10.6 Å². The Bertz CT molecular complexity index is 616. The molecule has 2 aliphatic carbocycles. The summed E-state index contributed by atoms with van der Waals surface area (Å²) >= 11 is 0. The molecule has 6 atom stereocenters. The molecule has 1 aliphatic heterocycles. The number of nitrogens with one attached hydrogen (secondary N) is 2. The van der Waals surface area contributed by atoms with Crippen molar-refractivity contribution >= 4 is 45.3 Å². The maximum Gasteiger partial charge on any atom is 0.329 e. The number of amides is 2. The zero-order valence-electron chi connectivity index (χ0n) is 15.0. The van der Waals surface area contributed by atoms with Crippen LogP contribution >= 0.6 is 21.6 Å². The second kappa shape index (κ2) is 8.55. The van der Waals surface area contributed by atoms with E-state index in [4.69, 9.17) is 9.47 Å². The average Bonchev–Trinajstić information content (AvgIpc) is 3.28. The lowest BCUT2D eigenvalue weighted by atomic mass is 9.81. The Labute approximate surface area is 164 Å². The predicted octanol–water partition coefficient (Wildman–Crippen LogP) is 0.135. The van der Waals surface area contributed by atoms with Gasteiger partial charge in [-0.25, -0.2) is 9.59 Å². The van der Waals surface area contributed by atoms with Gasteiger partial charge >= 0.3 is 11.9 Å². The van der Waals surface area contributed by atoms with Crippen LogP contribution in [0, 0.1) is 23.7 Å². The number of rotatable bonds is 2. The fraction of sp³-hybridized carbons (Fsp3) is 0.647. The lowest BCUT2D eigenvalue weighted by Gasteiger charge is -2.29. The van der Waals surface area contributed by atoms with Gasteiger partial charge in [0.25, 0.3) is 0 Å². The standard InChI is InChI=1S/C17H22N2O6S2/c1-24-16(22)10-6-26-27-7-11(17(23)25-2)19-15(21)13-9-4-3-8(5-9)12(13)14(20)18-10/h3-4,8-13H,5-7H2,1-2H3,(H,18,20)(H,19,21)/t8?,9?,10-,11-,12?,13?/m0/s1. The highest BCUT2D eigenvalue weighted by Gasteiger charge is 2.52. The predicted molar refractivity (Wildman–Crippen MR) is 101 cm³/mol. The first kappa shape index (κ1) is 20.1. The van der Waals surface area contributed by atoms with Crippen molar-refractivity contribution in [3.05, 3.63) is 12.2 Å². The maximum atomic E-state index is 12.9. The van der Waals surface area contributed by atoms with Crippen molar-refractivity contribution in [3.8, 4) is 0 Å². The van der Waals surface area contributed by atoms with Crippen molar-refractivity contribution in [2.24, 2.45) is 23.7 Å². The SMILES string of the molecule is COC(=O)[C@@H]1CSSC[C@@H](C(=O)OC)NC(=O)C2C3C=CC(C3)C2C(=O)N1. The quantitative estimate of drug-likeness (QED) is 0.373. The van der Waals surface area contributed by atoms with E-state index in [0.717, 1.165) is 0 Å². The molecule has 3 aliphatic rings. The molecule has 8 nitrogen and oxygen atoms in total. The lowest BCUT2D eigenvalue weighted by Crippen LogP contribution is -2.52. The van der Waals surface area contributed by atoms with E-state index in [1.54, 1.807) is 0 Å². The molecule has 2 bridgehead atoms. The number of hydrogen-bond acceptors (Lipinski definition) is 8. The van der Waals surface area contributed by atoms with Crippen LogP contribution in [0.4, 0.5) is 0 Å². The van der Waals surface area contributed by atoms with Crippen molar-refractivity contribution < 1.29 is 28.7 Å². The Morgan fingerprint density at radius 1 is 0.889 bits per heavy atom. The molecule has 2 amide bonds. The Hall–Kier alpha value is -1.68. The van der Waals surface area contributed by atoms with E-state index < -0.39 is 35.9 Å². The number of hydrogen-bond donors (Lipinski definition) is 2. The first-order chi connectivity index (χ1) is 13.0. The molecular formula is C17H22N2O6S2. The Kier molecular flexibility index (Phi) is 6.36. The van der Waals surface area contributed by atoms with E-state index in [0.29, 0.717) is 17.9 Å². The lowest BCUT2D eigenvalue weighted by molar-refractivity contribution is -0.147. The summed E-state index contributed by atoms with van der Waals surface area (Å²) < 4.78 is 9.58. The van der Waals surface area contributed by atoms with Crippen LogP contribution in [0.5, 0.6) is 0 Å². The van der Waals surface area contributed by atoms with Gasteiger partial charge in [0.2, 0.25) is 11.8 Å². The highest BCUT2D eigenvalue weighted by molar-refractivity contribution is 8.76. The summed E-state index contributed by atoms with van der Waals surface area (Å²) in [7, 11) is 5.19. The third-order valence-corrected chi connectivity index (χ3v) is 7.64. The summed E-state index contributed by atoms with van der Waals surface area (Å²) in [6, 6.07) is -1.61. The van der Waals surface area contributed by atoms with E-state index in [9.17, 15) is 19.2 Å². The number of esters is 2. The van der Waals surface area contributed by atoms with Crippen LogP contribution in [0.25, 0.3) is 0 Å². The van der Waals surface area contributed by atoms with Gasteiger partial charge < -0.3 is 20.1 Å². The van der Waals surface area contributed by atoms with Gasteiger partial charge in [0.05, 0.1) is 26.1 Å². The van der Waals surface area contributed by atoms with Gasteiger partial charge in [-0.15, -0.1) is 0 Å². The zero-order chi connectivity index (χ0) is 19.6. The first-order valence-corrected chi connectivity index (χ1v) is 11.1. The molecule has 2 N–H and O–H groups in total. The zero-order valence-corrected chi connectivity index (χ0v) is 16.6. The molecule has 148 valence electrons. The van der Waals surface area contributed by atoms with Crippen LogP contribution in [0.1, 0.15) is 6.42 Å². The molecule has 0 aromatic heterocycles. The van der Waals surface area contributed by atoms with Gasteiger partial charge in [0.1, 0.15) is 12.1 Å². The molecule has 3 rings (SSSR count). The molecule has 0 aromatic rings. The molecular weight excluding hydrogens is 392 g/mol. The molecule has 0 spiro atoms. The van der Waals surface area contributed by atoms with Gasteiger partial charge in [-0.3, -0.25) is 9.59 Å². The van der Waals surface area contributed by atoms with Crippen molar-refractivity contribution in [2.75, 3.05) is 25.7 Å². The van der Waals surface area contributed by atoms with Gasteiger partial charge in [-0.05, 0) is 18.3 Å². The minimum absolute atomic E-state index is 0.0504. The number of carbonyl (C=O) groups is 4. The second-order valence-electron chi connectivity index (χ2n) is 6.74. The monoisotopic (exact) mass is 414 g/mol. The number of allylic oxidation sites excluding steroid dienone is 2. The van der Waals surface area contributed by atoms with Gasteiger partial charge in [-0.2, -0.15) is 0 Å². The number of methoxy groups -OCH3 is 2. The van der Waals surface area contributed by atoms with Crippen LogP contribution in [0.15, 0.2) is 12.2 Å². The molecule has 2 fully saturated rings. The average molecular weight is 415 g/mol. The fourth-order valence-electron chi connectivity index (χ4n) is 3.93. The molecule has 10 heteroatoms.